The fourth-order valence-corrected chi connectivity index (χ4v) is 3.07. The van der Waals surface area contributed by atoms with Gasteiger partial charge in [-0.3, -0.25) is 4.79 Å². The van der Waals surface area contributed by atoms with Crippen molar-refractivity contribution in [3.8, 4) is 0 Å². The van der Waals surface area contributed by atoms with Gasteiger partial charge in [-0.05, 0) is 38.0 Å². The molecule has 2 fully saturated rings. The lowest BCUT2D eigenvalue weighted by Crippen LogP contribution is -2.41. The third kappa shape index (κ3) is 3.25. The number of aryl methyl sites for hydroxylation is 1. The number of amides is 1. The molecule has 1 aliphatic heterocycles. The van der Waals surface area contributed by atoms with Gasteiger partial charge in [0.25, 0.3) is 0 Å². The zero-order valence-corrected chi connectivity index (χ0v) is 13.8. The highest BCUT2D eigenvalue weighted by molar-refractivity contribution is 5.84. The van der Waals surface area contributed by atoms with Crippen molar-refractivity contribution in [3.05, 3.63) is 5.82 Å². The van der Waals surface area contributed by atoms with Crippen molar-refractivity contribution in [2.75, 3.05) is 32.1 Å². The fourth-order valence-electron chi connectivity index (χ4n) is 3.07. The van der Waals surface area contributed by atoms with E-state index in [4.69, 9.17) is 4.52 Å². The Hall–Kier alpha value is -1.59. The monoisotopic (exact) mass is 306 g/mol. The Morgan fingerprint density at radius 2 is 2.05 bits per heavy atom. The van der Waals surface area contributed by atoms with Gasteiger partial charge in [0.1, 0.15) is 0 Å². The topological polar surface area (TPSA) is 62.5 Å². The molecule has 0 aromatic carbocycles. The summed E-state index contributed by atoms with van der Waals surface area (Å²) < 4.78 is 5.17. The summed E-state index contributed by atoms with van der Waals surface area (Å²) in [6, 6.07) is 0.563. The highest BCUT2D eigenvalue weighted by atomic mass is 16.5. The van der Waals surface area contributed by atoms with E-state index in [1.807, 2.05) is 19.0 Å². The lowest BCUT2D eigenvalue weighted by Gasteiger charge is -2.33. The Morgan fingerprint density at radius 3 is 2.59 bits per heavy atom. The van der Waals surface area contributed by atoms with Gasteiger partial charge in [0.05, 0.1) is 0 Å². The molecule has 0 atom stereocenters. The van der Waals surface area contributed by atoms with Gasteiger partial charge in [-0.1, -0.05) is 12.1 Å². The first kappa shape index (κ1) is 15.3. The third-order valence-corrected chi connectivity index (χ3v) is 5.03. The molecule has 1 saturated heterocycles. The van der Waals surface area contributed by atoms with Gasteiger partial charge in [0, 0.05) is 39.0 Å². The van der Waals surface area contributed by atoms with Crippen molar-refractivity contribution in [2.24, 2.45) is 11.3 Å². The summed E-state index contributed by atoms with van der Waals surface area (Å²) in [7, 11) is 3.79. The minimum Gasteiger partial charge on any atom is -0.342 e. The second-order valence-corrected chi connectivity index (χ2v) is 7.22. The normalized spacial score (nSPS) is 21.0. The van der Waals surface area contributed by atoms with Gasteiger partial charge in [-0.15, -0.1) is 0 Å². The molecule has 0 radical (unpaired) electrons. The molecule has 3 rings (SSSR count). The summed E-state index contributed by atoms with van der Waals surface area (Å²) in [6.45, 7) is 3.92. The first-order valence-corrected chi connectivity index (χ1v) is 8.27. The highest BCUT2D eigenvalue weighted by Crippen LogP contribution is 2.47. The van der Waals surface area contributed by atoms with E-state index < -0.39 is 0 Å². The molecule has 6 heteroatoms. The number of hydrogen-bond donors (Lipinski definition) is 0. The maximum atomic E-state index is 12.3. The predicted octanol–water partition coefficient (Wildman–Crippen LogP) is 2.11. The summed E-state index contributed by atoms with van der Waals surface area (Å²) >= 11 is 0. The van der Waals surface area contributed by atoms with Gasteiger partial charge in [0.2, 0.25) is 5.91 Å². The van der Waals surface area contributed by atoms with Crippen LogP contribution in [0.1, 0.15) is 44.9 Å². The Morgan fingerprint density at radius 1 is 1.36 bits per heavy atom. The standard InChI is InChI=1S/C16H26N4O2/c1-16(8-9-16)14(21)20-10-6-12(7-11-20)4-5-13-17-15(19(2)3)22-18-13/h12H,4-11H2,1-3H3. The molecule has 0 spiro atoms. The van der Waals surface area contributed by atoms with Crippen LogP contribution in [0.4, 0.5) is 6.01 Å². The quantitative estimate of drug-likeness (QED) is 0.833. The van der Waals surface area contributed by atoms with Crippen LogP contribution in [-0.2, 0) is 11.2 Å². The molecule has 122 valence electrons. The van der Waals surface area contributed by atoms with Gasteiger partial charge >= 0.3 is 6.01 Å². The van der Waals surface area contributed by atoms with Crippen molar-refractivity contribution in [1.82, 2.24) is 15.0 Å². The summed E-state index contributed by atoms with van der Waals surface area (Å²) in [5.74, 6) is 1.82. The van der Waals surface area contributed by atoms with Gasteiger partial charge in [-0.25, -0.2) is 0 Å². The van der Waals surface area contributed by atoms with Crippen molar-refractivity contribution >= 4 is 11.9 Å². The molecule has 1 saturated carbocycles. The number of likely N-dealkylation sites (tertiary alicyclic amines) is 1. The summed E-state index contributed by atoms with van der Waals surface area (Å²) in [5, 5.41) is 4.01. The molecule has 0 unspecified atom stereocenters. The minimum atomic E-state index is -0.0277. The molecule has 2 aliphatic rings. The number of rotatable bonds is 5. The maximum Gasteiger partial charge on any atom is 0.323 e. The zero-order chi connectivity index (χ0) is 15.7. The van der Waals surface area contributed by atoms with Crippen molar-refractivity contribution < 1.29 is 9.32 Å². The van der Waals surface area contributed by atoms with Crippen LogP contribution >= 0.6 is 0 Å². The first-order chi connectivity index (χ1) is 10.5. The number of hydrogen-bond acceptors (Lipinski definition) is 5. The molecule has 0 N–H and O–H groups in total. The lowest BCUT2D eigenvalue weighted by molar-refractivity contribution is -0.137. The lowest BCUT2D eigenvalue weighted by atomic mass is 9.91. The van der Waals surface area contributed by atoms with E-state index in [1.54, 1.807) is 0 Å². The summed E-state index contributed by atoms with van der Waals surface area (Å²) in [5.41, 5.74) is -0.0277. The minimum absolute atomic E-state index is 0.0277. The predicted molar refractivity (Wildman–Crippen MR) is 83.6 cm³/mol. The number of nitrogens with zero attached hydrogens (tertiary/aromatic N) is 4. The van der Waals surface area contributed by atoms with E-state index >= 15 is 0 Å². The second kappa shape index (κ2) is 5.89. The van der Waals surface area contributed by atoms with Crippen LogP contribution in [-0.4, -0.2) is 48.1 Å². The highest BCUT2D eigenvalue weighted by Gasteiger charge is 2.47. The molecule has 2 heterocycles. The van der Waals surface area contributed by atoms with Crippen LogP contribution in [0.3, 0.4) is 0 Å². The summed E-state index contributed by atoms with van der Waals surface area (Å²) in [6.07, 6.45) is 6.26. The van der Waals surface area contributed by atoms with Crippen molar-refractivity contribution in [2.45, 2.75) is 45.4 Å². The summed E-state index contributed by atoms with van der Waals surface area (Å²) in [4.78, 5) is 20.6. The van der Waals surface area contributed by atoms with E-state index in [-0.39, 0.29) is 5.41 Å². The Kier molecular flexibility index (Phi) is 4.10. The number of carbonyl (C=O) groups excluding carboxylic acids is 1. The van der Waals surface area contributed by atoms with Gasteiger partial charge < -0.3 is 14.3 Å². The smallest absolute Gasteiger partial charge is 0.323 e. The van der Waals surface area contributed by atoms with Crippen LogP contribution in [0.2, 0.25) is 0 Å². The number of anilines is 1. The Balaban J connectivity index is 1.43. The van der Waals surface area contributed by atoms with Crippen molar-refractivity contribution in [1.29, 1.82) is 0 Å². The second-order valence-electron chi connectivity index (χ2n) is 7.22. The molecule has 1 amide bonds. The SMILES string of the molecule is CN(C)c1nc(CCC2CCN(C(=O)C3(C)CC3)CC2)no1. The van der Waals surface area contributed by atoms with E-state index in [0.717, 1.165) is 57.4 Å². The van der Waals surface area contributed by atoms with Crippen LogP contribution in [0.25, 0.3) is 0 Å². The van der Waals surface area contributed by atoms with Crippen LogP contribution in [0.5, 0.6) is 0 Å². The average Bonchev–Trinajstić information content (AvgIpc) is 3.09. The average molecular weight is 306 g/mol. The van der Waals surface area contributed by atoms with Gasteiger partial charge in [-0.2, -0.15) is 4.98 Å². The van der Waals surface area contributed by atoms with Crippen LogP contribution in [0.15, 0.2) is 4.52 Å². The van der Waals surface area contributed by atoms with Gasteiger partial charge in [0.15, 0.2) is 5.82 Å². The Bertz CT molecular complexity index is 528. The van der Waals surface area contributed by atoms with E-state index in [2.05, 4.69) is 22.0 Å². The van der Waals surface area contributed by atoms with E-state index in [0.29, 0.717) is 17.8 Å². The zero-order valence-electron chi connectivity index (χ0n) is 13.8. The first-order valence-electron chi connectivity index (χ1n) is 8.27. The van der Waals surface area contributed by atoms with Crippen LogP contribution < -0.4 is 4.90 Å². The number of carbonyl (C=O) groups is 1. The van der Waals surface area contributed by atoms with Crippen LogP contribution in [0, 0.1) is 11.3 Å². The molecule has 1 aromatic heterocycles. The van der Waals surface area contributed by atoms with E-state index in [9.17, 15) is 4.79 Å². The third-order valence-electron chi connectivity index (χ3n) is 5.03. The molecule has 1 aromatic rings. The molecule has 6 nitrogen and oxygen atoms in total. The largest absolute Gasteiger partial charge is 0.342 e. The Labute approximate surface area is 131 Å². The molecule has 1 aliphatic carbocycles. The molecular weight excluding hydrogens is 280 g/mol. The molecule has 0 bridgehead atoms. The van der Waals surface area contributed by atoms with E-state index in [1.165, 1.54) is 0 Å². The number of aromatic nitrogens is 2. The molecule has 22 heavy (non-hydrogen) atoms. The van der Waals surface area contributed by atoms with Crippen molar-refractivity contribution in [3.63, 3.8) is 0 Å². The maximum absolute atomic E-state index is 12.3. The number of piperidine rings is 1. The molecular formula is C16H26N4O2. The fraction of sp³-hybridized carbons (Fsp3) is 0.812.